The molecule has 2 aromatic rings. The van der Waals surface area contributed by atoms with E-state index >= 15 is 0 Å². The summed E-state index contributed by atoms with van der Waals surface area (Å²) in [6.07, 6.45) is -2.67. The van der Waals surface area contributed by atoms with Crippen LogP contribution in [0, 0.1) is 0 Å². The van der Waals surface area contributed by atoms with Gasteiger partial charge in [0.2, 0.25) is 11.8 Å². The van der Waals surface area contributed by atoms with E-state index in [2.05, 4.69) is 20.0 Å². The van der Waals surface area contributed by atoms with E-state index < -0.39 is 6.36 Å². The number of nitrogens with zero attached hydrogens (tertiary/aromatic N) is 2. The van der Waals surface area contributed by atoms with E-state index in [1.807, 2.05) is 0 Å². The Morgan fingerprint density at radius 2 is 1.79 bits per heavy atom. The predicted molar refractivity (Wildman–Crippen MR) is 82.2 cm³/mol. The maximum atomic E-state index is 12.3. The maximum Gasteiger partial charge on any atom is 0.573 e. The first-order chi connectivity index (χ1) is 11.4. The fourth-order valence-electron chi connectivity index (χ4n) is 2.46. The topological polar surface area (TPSA) is 56.3 Å². The lowest BCUT2D eigenvalue weighted by molar-refractivity contribution is -0.274. The van der Waals surface area contributed by atoms with E-state index in [1.54, 1.807) is 19.2 Å². The number of hydrogen-bond donors (Lipinski definition) is 1. The first-order valence-corrected chi connectivity index (χ1v) is 7.41. The molecule has 0 spiro atoms. The number of alkyl halides is 3. The smallest absolute Gasteiger partial charge is 0.480 e. The van der Waals surface area contributed by atoms with Crippen molar-refractivity contribution in [3.63, 3.8) is 0 Å². The zero-order valence-electron chi connectivity index (χ0n) is 13.1. The van der Waals surface area contributed by atoms with Crippen molar-refractivity contribution in [3.8, 4) is 22.8 Å². The normalized spacial score (nSPS) is 14.4. The molecule has 1 saturated carbocycles. The van der Waals surface area contributed by atoms with Crippen LogP contribution >= 0.6 is 0 Å². The summed E-state index contributed by atoms with van der Waals surface area (Å²) in [5, 5.41) is 2.89. The summed E-state index contributed by atoms with van der Waals surface area (Å²) in [4.78, 5) is 8.79. The molecule has 128 valence electrons. The molecule has 0 saturated heterocycles. The zero-order valence-corrected chi connectivity index (χ0v) is 13.1. The second-order valence-electron chi connectivity index (χ2n) is 5.41. The molecule has 0 amide bonds. The van der Waals surface area contributed by atoms with Gasteiger partial charge in [0, 0.05) is 13.0 Å². The van der Waals surface area contributed by atoms with Crippen molar-refractivity contribution in [1.29, 1.82) is 0 Å². The van der Waals surface area contributed by atoms with Gasteiger partial charge >= 0.3 is 6.36 Å². The standard InChI is InChI=1S/C16H16F3N3O2/c1-20-15-21-13(10-3-4-10)12(14(22-15)23-2)9-5-7-11(8-6-9)24-16(17,18)19/h5-8,10H,3-4H2,1-2H3,(H,20,21,22). The molecule has 1 fully saturated rings. The molecule has 1 aromatic heterocycles. The molecule has 1 heterocycles. The number of ether oxygens (including phenoxy) is 2. The van der Waals surface area contributed by atoms with Crippen molar-refractivity contribution in [2.45, 2.75) is 25.1 Å². The third kappa shape index (κ3) is 3.52. The molecule has 0 unspecified atom stereocenters. The van der Waals surface area contributed by atoms with Gasteiger partial charge in [-0.2, -0.15) is 4.98 Å². The van der Waals surface area contributed by atoms with Crippen molar-refractivity contribution in [2.75, 3.05) is 19.5 Å². The van der Waals surface area contributed by atoms with Gasteiger partial charge in [0.15, 0.2) is 0 Å². The van der Waals surface area contributed by atoms with Crippen LogP contribution in [0.2, 0.25) is 0 Å². The highest BCUT2D eigenvalue weighted by Gasteiger charge is 2.32. The lowest BCUT2D eigenvalue weighted by Gasteiger charge is -2.15. The molecular formula is C16H16F3N3O2. The summed E-state index contributed by atoms with van der Waals surface area (Å²) in [6, 6.07) is 5.64. The van der Waals surface area contributed by atoms with Gasteiger partial charge in [-0.15, -0.1) is 13.2 Å². The number of halogens is 3. The van der Waals surface area contributed by atoms with Gasteiger partial charge in [0.25, 0.3) is 0 Å². The number of hydrogen-bond acceptors (Lipinski definition) is 5. The molecule has 0 bridgehead atoms. The Bertz CT molecular complexity index is 729. The molecule has 1 aliphatic carbocycles. The summed E-state index contributed by atoms with van der Waals surface area (Å²) in [5.74, 6) is 0.885. The first-order valence-electron chi connectivity index (χ1n) is 7.41. The van der Waals surface area contributed by atoms with Crippen LogP contribution in [0.5, 0.6) is 11.6 Å². The monoisotopic (exact) mass is 339 g/mol. The number of benzene rings is 1. The number of rotatable bonds is 5. The molecule has 0 radical (unpaired) electrons. The summed E-state index contributed by atoms with van der Waals surface area (Å²) in [5.41, 5.74) is 2.24. The van der Waals surface area contributed by atoms with Gasteiger partial charge in [-0.25, -0.2) is 4.98 Å². The lowest BCUT2D eigenvalue weighted by atomic mass is 10.0. The summed E-state index contributed by atoms with van der Waals surface area (Å²) >= 11 is 0. The fourth-order valence-corrected chi connectivity index (χ4v) is 2.46. The van der Waals surface area contributed by atoms with E-state index in [0.717, 1.165) is 18.5 Å². The number of anilines is 1. The van der Waals surface area contributed by atoms with Crippen molar-refractivity contribution in [3.05, 3.63) is 30.0 Å². The second-order valence-corrected chi connectivity index (χ2v) is 5.41. The van der Waals surface area contributed by atoms with Gasteiger partial charge in [0.05, 0.1) is 18.4 Å². The predicted octanol–water partition coefficient (Wildman–Crippen LogP) is 3.97. The Balaban J connectivity index is 2.01. The van der Waals surface area contributed by atoms with E-state index in [1.165, 1.54) is 19.2 Å². The number of methoxy groups -OCH3 is 1. The highest BCUT2D eigenvalue weighted by molar-refractivity contribution is 5.73. The Kier molecular flexibility index (Phi) is 4.21. The molecular weight excluding hydrogens is 323 g/mol. The Morgan fingerprint density at radius 3 is 2.29 bits per heavy atom. The van der Waals surface area contributed by atoms with Crippen LogP contribution in [0.4, 0.5) is 19.1 Å². The molecule has 5 nitrogen and oxygen atoms in total. The van der Waals surface area contributed by atoms with Crippen molar-refractivity contribution in [2.24, 2.45) is 0 Å². The molecule has 24 heavy (non-hydrogen) atoms. The Morgan fingerprint density at radius 1 is 1.12 bits per heavy atom. The quantitative estimate of drug-likeness (QED) is 0.893. The zero-order chi connectivity index (χ0) is 17.3. The minimum Gasteiger partial charge on any atom is -0.480 e. The maximum absolute atomic E-state index is 12.3. The van der Waals surface area contributed by atoms with E-state index in [4.69, 9.17) is 4.74 Å². The van der Waals surface area contributed by atoms with Gasteiger partial charge in [-0.1, -0.05) is 12.1 Å². The minimum atomic E-state index is -4.71. The molecule has 3 rings (SSSR count). The highest BCUT2D eigenvalue weighted by Crippen LogP contribution is 2.46. The molecule has 0 aliphatic heterocycles. The van der Waals surface area contributed by atoms with Gasteiger partial charge in [-0.3, -0.25) is 0 Å². The van der Waals surface area contributed by atoms with Crippen LogP contribution in [0.15, 0.2) is 24.3 Å². The fraction of sp³-hybridized carbons (Fsp3) is 0.375. The molecule has 8 heteroatoms. The average Bonchev–Trinajstić information content (AvgIpc) is 3.38. The second kappa shape index (κ2) is 6.18. The molecule has 1 aromatic carbocycles. The third-order valence-corrected chi connectivity index (χ3v) is 3.66. The molecule has 0 atom stereocenters. The van der Waals surface area contributed by atoms with Crippen LogP contribution < -0.4 is 14.8 Å². The summed E-state index contributed by atoms with van der Waals surface area (Å²) in [6.45, 7) is 0. The molecule has 1 N–H and O–H groups in total. The van der Waals surface area contributed by atoms with Crippen molar-refractivity contribution in [1.82, 2.24) is 9.97 Å². The van der Waals surface area contributed by atoms with Gasteiger partial charge in [-0.05, 0) is 30.5 Å². The number of aromatic nitrogens is 2. The van der Waals surface area contributed by atoms with Crippen molar-refractivity contribution < 1.29 is 22.6 Å². The van der Waals surface area contributed by atoms with E-state index in [0.29, 0.717) is 28.9 Å². The lowest BCUT2D eigenvalue weighted by Crippen LogP contribution is -2.16. The Hall–Kier alpha value is -2.51. The van der Waals surface area contributed by atoms with Crippen LogP contribution in [0.1, 0.15) is 24.5 Å². The number of nitrogens with one attached hydrogen (secondary N) is 1. The summed E-state index contributed by atoms with van der Waals surface area (Å²) in [7, 11) is 3.22. The highest BCUT2D eigenvalue weighted by atomic mass is 19.4. The van der Waals surface area contributed by atoms with Crippen LogP contribution in [-0.2, 0) is 0 Å². The van der Waals surface area contributed by atoms with Crippen LogP contribution in [-0.4, -0.2) is 30.5 Å². The molecule has 1 aliphatic rings. The van der Waals surface area contributed by atoms with E-state index in [-0.39, 0.29) is 5.75 Å². The first kappa shape index (κ1) is 16.4. The minimum absolute atomic E-state index is 0.272. The van der Waals surface area contributed by atoms with E-state index in [9.17, 15) is 13.2 Å². The van der Waals surface area contributed by atoms with Crippen LogP contribution in [0.25, 0.3) is 11.1 Å². The van der Waals surface area contributed by atoms with Crippen molar-refractivity contribution >= 4 is 5.95 Å². The third-order valence-electron chi connectivity index (χ3n) is 3.66. The van der Waals surface area contributed by atoms with Gasteiger partial charge < -0.3 is 14.8 Å². The van der Waals surface area contributed by atoms with Crippen LogP contribution in [0.3, 0.4) is 0 Å². The van der Waals surface area contributed by atoms with Gasteiger partial charge in [0.1, 0.15) is 5.75 Å². The largest absolute Gasteiger partial charge is 0.573 e. The Labute approximate surface area is 136 Å². The average molecular weight is 339 g/mol. The SMILES string of the molecule is CNc1nc(OC)c(-c2ccc(OC(F)(F)F)cc2)c(C2CC2)n1. The summed E-state index contributed by atoms with van der Waals surface area (Å²) < 4.78 is 46.1.